The van der Waals surface area contributed by atoms with Gasteiger partial charge in [0.05, 0.1) is 0 Å². The van der Waals surface area contributed by atoms with Gasteiger partial charge in [-0.05, 0) is 25.7 Å². The Bertz CT molecular complexity index is 243. The fourth-order valence-electron chi connectivity index (χ4n) is 2.97. The molecule has 84 valence electrons. The molecule has 0 spiro atoms. The highest BCUT2D eigenvalue weighted by molar-refractivity contribution is 4.74. The molecule has 1 N–H and O–H groups in total. The maximum absolute atomic E-state index is 10.2. The van der Waals surface area contributed by atoms with Crippen LogP contribution in [0.15, 0.2) is 0 Å². The SMILES string of the molecule is [N-]=[N+]1C2CCCCN2NN2CCCCC21. The van der Waals surface area contributed by atoms with Crippen LogP contribution in [0.25, 0.3) is 5.53 Å². The molecule has 3 heterocycles. The summed E-state index contributed by atoms with van der Waals surface area (Å²) in [7, 11) is 0. The number of hydrogen-bond donors (Lipinski definition) is 1. The van der Waals surface area contributed by atoms with Crippen molar-refractivity contribution in [2.45, 2.75) is 50.9 Å². The summed E-state index contributed by atoms with van der Waals surface area (Å²) in [6, 6.07) is 0. The lowest BCUT2D eigenvalue weighted by molar-refractivity contribution is -0.695. The van der Waals surface area contributed by atoms with Crippen LogP contribution in [0.1, 0.15) is 38.5 Å². The zero-order chi connectivity index (χ0) is 10.3. The molecule has 0 radical (unpaired) electrons. The van der Waals surface area contributed by atoms with E-state index in [9.17, 15) is 5.53 Å². The molecule has 0 aliphatic carbocycles. The lowest BCUT2D eigenvalue weighted by Crippen LogP contribution is -2.70. The second-order valence-corrected chi connectivity index (χ2v) is 4.82. The fourth-order valence-corrected chi connectivity index (χ4v) is 2.97. The van der Waals surface area contributed by atoms with Crippen molar-refractivity contribution >= 4 is 0 Å². The Balaban J connectivity index is 1.79. The van der Waals surface area contributed by atoms with Crippen LogP contribution < -0.4 is 5.53 Å². The van der Waals surface area contributed by atoms with E-state index in [-0.39, 0.29) is 12.3 Å². The topological polar surface area (TPSA) is 43.8 Å². The third-order valence-corrected chi connectivity index (χ3v) is 3.81. The van der Waals surface area contributed by atoms with E-state index in [4.69, 9.17) is 0 Å². The van der Waals surface area contributed by atoms with Crippen LogP contribution in [-0.4, -0.2) is 40.1 Å². The van der Waals surface area contributed by atoms with Crippen LogP contribution in [0.2, 0.25) is 0 Å². The molecule has 2 atom stereocenters. The van der Waals surface area contributed by atoms with Crippen LogP contribution in [0.5, 0.6) is 0 Å². The molecule has 0 aromatic heterocycles. The van der Waals surface area contributed by atoms with Crippen molar-refractivity contribution in [3.63, 3.8) is 0 Å². The van der Waals surface area contributed by atoms with Crippen LogP contribution in [-0.2, 0) is 0 Å². The molecule has 5 nitrogen and oxygen atoms in total. The molecule has 5 heteroatoms. The van der Waals surface area contributed by atoms with Gasteiger partial charge in [0.25, 0.3) is 0 Å². The minimum absolute atomic E-state index is 0.193. The first kappa shape index (κ1) is 9.69. The van der Waals surface area contributed by atoms with E-state index in [0.717, 1.165) is 25.9 Å². The van der Waals surface area contributed by atoms with Gasteiger partial charge >= 0.3 is 0 Å². The minimum Gasteiger partial charge on any atom is -0.504 e. The summed E-state index contributed by atoms with van der Waals surface area (Å²) in [5.74, 6) is 0. The first-order valence-corrected chi connectivity index (χ1v) is 6.13. The molecule has 3 fully saturated rings. The molecule has 15 heavy (non-hydrogen) atoms. The molecule has 3 aliphatic heterocycles. The van der Waals surface area contributed by atoms with E-state index >= 15 is 0 Å². The Morgan fingerprint density at radius 3 is 2.00 bits per heavy atom. The van der Waals surface area contributed by atoms with Crippen molar-refractivity contribution in [2.75, 3.05) is 13.1 Å². The quantitative estimate of drug-likeness (QED) is 0.607. The highest BCUT2D eigenvalue weighted by atomic mass is 15.8. The molecular formula is C10H19N5. The molecule has 3 aliphatic rings. The van der Waals surface area contributed by atoms with Gasteiger partial charge in [-0.25, -0.2) is 0 Å². The molecular weight excluding hydrogens is 190 g/mol. The molecule has 0 amide bonds. The maximum Gasteiger partial charge on any atom is 0.213 e. The van der Waals surface area contributed by atoms with Gasteiger partial charge in [0.15, 0.2) is 0 Å². The largest absolute Gasteiger partial charge is 0.504 e. The monoisotopic (exact) mass is 209 g/mol. The van der Waals surface area contributed by atoms with Crippen molar-refractivity contribution in [3.8, 4) is 0 Å². The standard InChI is InChI=1S/C10H19N5/c11-15-9-5-1-3-7-13(9)12-14-8-4-2-6-10(14)15/h9-10,12H,1-8H2. The second-order valence-electron chi connectivity index (χ2n) is 4.82. The van der Waals surface area contributed by atoms with Crippen molar-refractivity contribution < 1.29 is 4.70 Å². The van der Waals surface area contributed by atoms with Crippen molar-refractivity contribution in [2.24, 2.45) is 0 Å². The number of piperidine rings is 2. The Kier molecular flexibility index (Phi) is 2.46. The average Bonchev–Trinajstić information content (AvgIpc) is 2.30. The molecule has 3 saturated heterocycles. The van der Waals surface area contributed by atoms with Gasteiger partial charge < -0.3 is 5.53 Å². The third kappa shape index (κ3) is 1.58. The van der Waals surface area contributed by atoms with E-state index in [1.54, 1.807) is 4.70 Å². The van der Waals surface area contributed by atoms with Crippen molar-refractivity contribution in [3.05, 3.63) is 5.53 Å². The summed E-state index contributed by atoms with van der Waals surface area (Å²) in [6.45, 7) is 2.09. The highest BCUT2D eigenvalue weighted by Crippen LogP contribution is 2.26. The summed E-state index contributed by atoms with van der Waals surface area (Å²) >= 11 is 0. The number of nitrogens with zero attached hydrogens (tertiary/aromatic N) is 4. The van der Waals surface area contributed by atoms with E-state index in [0.29, 0.717) is 0 Å². The Labute approximate surface area is 90.5 Å². The van der Waals surface area contributed by atoms with Crippen LogP contribution in [0.3, 0.4) is 0 Å². The van der Waals surface area contributed by atoms with Gasteiger partial charge in [0, 0.05) is 25.9 Å². The van der Waals surface area contributed by atoms with Crippen molar-refractivity contribution in [1.29, 1.82) is 0 Å². The summed E-state index contributed by atoms with van der Waals surface area (Å²) in [5.41, 5.74) is 13.7. The normalized spacial score (nSPS) is 38.5. The lowest BCUT2D eigenvalue weighted by Gasteiger charge is -2.48. The van der Waals surface area contributed by atoms with E-state index in [1.165, 1.54) is 25.7 Å². The lowest BCUT2D eigenvalue weighted by atomic mass is 10.1. The molecule has 0 saturated carbocycles. The third-order valence-electron chi connectivity index (χ3n) is 3.81. The summed E-state index contributed by atoms with van der Waals surface area (Å²) in [4.78, 5) is 0. The van der Waals surface area contributed by atoms with Crippen LogP contribution in [0, 0.1) is 0 Å². The zero-order valence-electron chi connectivity index (χ0n) is 9.10. The fraction of sp³-hybridized carbons (Fsp3) is 1.00. The van der Waals surface area contributed by atoms with Crippen LogP contribution >= 0.6 is 0 Å². The van der Waals surface area contributed by atoms with Gasteiger partial charge in [0.2, 0.25) is 12.3 Å². The van der Waals surface area contributed by atoms with E-state index < -0.39 is 0 Å². The van der Waals surface area contributed by atoms with Crippen LogP contribution in [0.4, 0.5) is 0 Å². The molecule has 0 bridgehead atoms. The number of rotatable bonds is 0. The highest BCUT2D eigenvalue weighted by Gasteiger charge is 2.42. The summed E-state index contributed by atoms with van der Waals surface area (Å²) in [5, 5.41) is 4.37. The van der Waals surface area contributed by atoms with E-state index in [2.05, 4.69) is 15.6 Å². The van der Waals surface area contributed by atoms with Gasteiger partial charge in [-0.2, -0.15) is 15.6 Å². The number of hydrogen-bond acceptors (Lipinski definition) is 3. The Hall–Kier alpha value is -0.520. The first-order valence-electron chi connectivity index (χ1n) is 6.13. The average molecular weight is 209 g/mol. The summed E-state index contributed by atoms with van der Waals surface area (Å²) in [6.07, 6.45) is 7.46. The Morgan fingerprint density at radius 2 is 1.47 bits per heavy atom. The molecule has 0 aromatic rings. The van der Waals surface area contributed by atoms with E-state index in [1.807, 2.05) is 0 Å². The maximum atomic E-state index is 10.2. The summed E-state index contributed by atoms with van der Waals surface area (Å²) < 4.78 is 1.58. The Morgan fingerprint density at radius 1 is 0.933 bits per heavy atom. The number of nitrogens with one attached hydrogen (secondary N) is 1. The van der Waals surface area contributed by atoms with Gasteiger partial charge in [-0.3, -0.25) is 4.70 Å². The molecule has 2 unspecified atom stereocenters. The zero-order valence-corrected chi connectivity index (χ0v) is 9.10. The molecule has 3 rings (SSSR count). The molecule has 0 aromatic carbocycles. The predicted octanol–water partition coefficient (Wildman–Crippen LogP) is 1.08. The predicted molar refractivity (Wildman–Crippen MR) is 55.4 cm³/mol. The van der Waals surface area contributed by atoms with Gasteiger partial charge in [-0.1, -0.05) is 0 Å². The number of fused-ring (bicyclic) bond motifs is 2. The minimum atomic E-state index is 0.193. The number of hydrazine groups is 2. The van der Waals surface area contributed by atoms with Crippen molar-refractivity contribution in [1.82, 2.24) is 15.6 Å². The first-order chi connectivity index (χ1) is 7.36. The smallest absolute Gasteiger partial charge is 0.213 e. The van der Waals surface area contributed by atoms with Gasteiger partial charge in [0.1, 0.15) is 0 Å². The van der Waals surface area contributed by atoms with Gasteiger partial charge in [-0.15, -0.1) is 0 Å². The second kappa shape index (κ2) is 3.81.